The molecule has 3 aromatic carbocycles. The molecule has 0 amide bonds. The monoisotopic (exact) mass is 1940 g/mol. The highest BCUT2D eigenvalue weighted by molar-refractivity contribution is 5.46. The Kier molecular flexibility index (Phi) is 37.7. The molecule has 0 aliphatic carbocycles. The molecule has 10 fully saturated rings. The molecule has 20 rings (SSSR count). The number of aromatic amines is 1. The van der Waals surface area contributed by atoms with Crippen molar-refractivity contribution in [1.29, 1.82) is 0 Å². The van der Waals surface area contributed by atoms with Gasteiger partial charge in [0.25, 0.3) is 5.56 Å². The van der Waals surface area contributed by atoms with Crippen molar-refractivity contribution in [3.8, 4) is 17.2 Å². The van der Waals surface area contributed by atoms with Gasteiger partial charge in [0.1, 0.15) is 5.75 Å². The summed E-state index contributed by atoms with van der Waals surface area (Å²) >= 11 is 0. The molecule has 762 valence electrons. The summed E-state index contributed by atoms with van der Waals surface area (Å²) < 4.78 is 11.0. The van der Waals surface area contributed by atoms with Gasteiger partial charge in [-0.15, -0.1) is 0 Å². The number of rotatable bonds is 24. The summed E-state index contributed by atoms with van der Waals surface area (Å²) in [6.45, 7) is 39.7. The van der Waals surface area contributed by atoms with Crippen LogP contribution in [-0.2, 0) is 37.5 Å². The van der Waals surface area contributed by atoms with Crippen molar-refractivity contribution in [3.63, 3.8) is 0 Å². The van der Waals surface area contributed by atoms with Gasteiger partial charge in [0, 0.05) is 242 Å². The number of anilines is 8. The van der Waals surface area contributed by atoms with Crippen LogP contribution in [0.5, 0.6) is 17.2 Å². The van der Waals surface area contributed by atoms with Crippen LogP contribution in [0.3, 0.4) is 0 Å². The van der Waals surface area contributed by atoms with Crippen molar-refractivity contribution in [2.24, 2.45) is 0 Å². The predicted octanol–water partition coefficient (Wildman–Crippen LogP) is 16.0. The van der Waals surface area contributed by atoms with Crippen LogP contribution in [0.25, 0.3) is 0 Å². The van der Waals surface area contributed by atoms with Gasteiger partial charge < -0.3 is 60.1 Å². The molecule has 142 heavy (non-hydrogen) atoms. The van der Waals surface area contributed by atoms with Gasteiger partial charge in [-0.1, -0.05) is 30.3 Å². The van der Waals surface area contributed by atoms with E-state index in [1.807, 2.05) is 88.9 Å². The summed E-state index contributed by atoms with van der Waals surface area (Å²) in [5, 5.41) is 23.0. The molecule has 10 aliphatic heterocycles. The average molecular weight is 1940 g/mol. The first kappa shape index (κ1) is 103. The number of hydrogen-bond acceptors (Lipinski definition) is 31. The fourth-order valence-corrected chi connectivity index (χ4v) is 21.5. The lowest BCUT2D eigenvalue weighted by molar-refractivity contribution is 0.122. The van der Waals surface area contributed by atoms with Gasteiger partial charge in [0.2, 0.25) is 41.6 Å². The summed E-state index contributed by atoms with van der Waals surface area (Å²) in [6.07, 6.45) is 33.8. The second-order valence-corrected chi connectivity index (χ2v) is 41.0. The van der Waals surface area contributed by atoms with E-state index in [1.54, 1.807) is 12.1 Å². The molecule has 10 aliphatic rings. The third kappa shape index (κ3) is 30.1. The second-order valence-electron chi connectivity index (χ2n) is 41.0. The van der Waals surface area contributed by atoms with Crippen LogP contribution in [-0.4, -0.2) is 276 Å². The van der Waals surface area contributed by atoms with Crippen LogP contribution in [0, 0.1) is 34.6 Å². The number of aromatic hydroxyl groups is 2. The minimum atomic E-state index is -0.0458. The number of piperidine rings is 9. The minimum Gasteiger partial charge on any atom is -0.508 e. The first-order valence-electron chi connectivity index (χ1n) is 53.2. The number of H-pyrrole nitrogens is 1. The smallest absolute Gasteiger partial charge is 0.252 e. The zero-order chi connectivity index (χ0) is 98.6. The van der Waals surface area contributed by atoms with Crippen LogP contribution in [0.4, 0.5) is 47.3 Å². The van der Waals surface area contributed by atoms with E-state index in [4.69, 9.17) is 55.1 Å². The Hall–Kier alpha value is -11.4. The zero-order valence-electron chi connectivity index (χ0n) is 86.1. The summed E-state index contributed by atoms with van der Waals surface area (Å²) in [5.41, 5.74) is 23.8. The molecule has 6 N–H and O–H groups in total. The highest BCUT2D eigenvalue weighted by atomic mass is 16.5. The van der Waals surface area contributed by atoms with Crippen molar-refractivity contribution >= 4 is 47.3 Å². The lowest BCUT2D eigenvalue weighted by Gasteiger charge is -2.32. The number of nitrogens with two attached hydrogens (primary N) is 1. The quantitative estimate of drug-likeness (QED) is 0.0375. The van der Waals surface area contributed by atoms with Crippen LogP contribution in [0.2, 0.25) is 0 Å². The normalized spacial score (nSPS) is 19.0. The predicted molar refractivity (Wildman–Crippen MR) is 566 cm³/mol. The van der Waals surface area contributed by atoms with Gasteiger partial charge >= 0.3 is 0 Å². The number of aromatic nitrogens is 14. The third-order valence-electron chi connectivity index (χ3n) is 29.8. The molecule has 0 saturated carbocycles. The van der Waals surface area contributed by atoms with Gasteiger partial charge in [0.15, 0.2) is 11.5 Å². The van der Waals surface area contributed by atoms with Crippen molar-refractivity contribution in [1.82, 2.24) is 94.3 Å². The standard InChI is InChI=1S/C23H33N5.C23H32N4O3.C23H32N4O.C21H31N7O.C20H29N7/c1-18-16-22(26-23(25-18)28-12-4-3-5-13-28)20-10-14-27(15-11-20)17-19-6-8-21(24-2)9-7-19;1-2-30-21-14-17(6-7-20(21)28)16-26-12-8-18(9-13-26)19-15-22(29)25-23(24-19)27-10-4-3-5-11-27;1-17-6-7-19(15-22(17)28)16-26-12-8-20(9-13-26)21-14-18(2)24-23(25-21)27-10-4-3-5-11-27;1-16-12-19(25-21(24-16)28-8-10-29-11-9-28)18-4-6-27(7-5-18)15-17-13-22-20(23-14-17)26(2)3;1-15-11-18(25-20(24-15)27-7-3-2-4-8-27)17-5-9-26(10-6-17)14-16-12-22-19(21)23-13-16/h6-9,16,20,24H,3-5,10-15,17H2,1-2H3;6-7,14-15,18,28H,2-5,8-13,16H2,1H3,(H,24,25,29);6-7,14-15,20,28H,3-5,8-13,16H2,1-2H3;12-14,18H,4-11,15H2,1-3H3;11-13,17H,2-10,14H2,1H3,(H2,21,22,23). The van der Waals surface area contributed by atoms with Crippen molar-refractivity contribution in [3.05, 3.63) is 211 Å². The number of hydrogen-bond donors (Lipinski definition) is 5. The van der Waals surface area contributed by atoms with Gasteiger partial charge in [-0.05, 0) is 325 Å². The van der Waals surface area contributed by atoms with Crippen molar-refractivity contribution in [2.45, 2.75) is 245 Å². The van der Waals surface area contributed by atoms with Crippen LogP contribution < -0.4 is 50.7 Å². The second kappa shape index (κ2) is 51.7. The molecule has 0 unspecified atom stereocenters. The molecule has 0 atom stereocenters. The number of morpholine rings is 1. The zero-order valence-corrected chi connectivity index (χ0v) is 86.1. The van der Waals surface area contributed by atoms with E-state index in [0.717, 1.165) is 322 Å². The lowest BCUT2D eigenvalue weighted by atomic mass is 9.92. The highest BCUT2D eigenvalue weighted by Crippen LogP contribution is 2.38. The lowest BCUT2D eigenvalue weighted by Crippen LogP contribution is -2.38. The number of ether oxygens (including phenoxy) is 2. The van der Waals surface area contributed by atoms with Crippen LogP contribution in [0.1, 0.15) is 262 Å². The number of phenolic OH excluding ortho intramolecular Hbond substituents is 2. The molecule has 0 radical (unpaired) electrons. The molecule has 10 saturated heterocycles. The average Bonchev–Trinajstić information content (AvgIpc) is 0.898. The van der Waals surface area contributed by atoms with Crippen LogP contribution in [0.15, 0.2) is 121 Å². The Morgan fingerprint density at radius 1 is 0.380 bits per heavy atom. The first-order valence-corrected chi connectivity index (χ1v) is 53.2. The van der Waals surface area contributed by atoms with E-state index < -0.39 is 0 Å². The van der Waals surface area contributed by atoms with E-state index in [0.29, 0.717) is 53.6 Å². The number of likely N-dealkylation sites (tertiary alicyclic amines) is 5. The molecular formula is C110H157N27O5. The Morgan fingerprint density at radius 2 is 0.711 bits per heavy atom. The number of phenols is 2. The number of nitrogen functional groups attached to an aromatic ring is 1. The van der Waals surface area contributed by atoms with Gasteiger partial charge in [-0.3, -0.25) is 34.3 Å². The molecule has 17 heterocycles. The minimum absolute atomic E-state index is 0.0458. The Morgan fingerprint density at radius 3 is 1.08 bits per heavy atom. The molecule has 7 aromatic heterocycles. The molecule has 0 bridgehead atoms. The number of nitrogens with one attached hydrogen (secondary N) is 2. The largest absolute Gasteiger partial charge is 0.508 e. The Labute approximate surface area is 842 Å². The Bertz CT molecular complexity index is 5610. The van der Waals surface area contributed by atoms with Crippen molar-refractivity contribution < 1.29 is 19.7 Å². The molecule has 0 spiro atoms. The fourth-order valence-electron chi connectivity index (χ4n) is 21.5. The van der Waals surface area contributed by atoms with Gasteiger partial charge in [0.05, 0.1) is 25.5 Å². The number of nitrogens with zero attached hydrogens (tertiary/aromatic N) is 24. The molecule has 32 nitrogen and oxygen atoms in total. The summed E-state index contributed by atoms with van der Waals surface area (Å²) in [4.78, 5) is 102. The van der Waals surface area contributed by atoms with E-state index in [1.165, 1.54) is 122 Å². The molecule has 10 aromatic rings. The summed E-state index contributed by atoms with van der Waals surface area (Å²) in [6, 6.07) is 30.8. The van der Waals surface area contributed by atoms with Gasteiger partial charge in [-0.25, -0.2) is 64.8 Å². The third-order valence-corrected chi connectivity index (χ3v) is 29.8. The van der Waals surface area contributed by atoms with E-state index in [9.17, 15) is 15.0 Å². The van der Waals surface area contributed by atoms with E-state index in [-0.39, 0.29) is 11.3 Å². The topological polar surface area (TPSA) is 333 Å². The van der Waals surface area contributed by atoms with E-state index >= 15 is 0 Å². The molecule has 32 heteroatoms. The fraction of sp³-hybridized carbons (Fsp3) is 0.582. The number of aryl methyl sites for hydroxylation is 5. The SMILES string of the molecule is CCOc1cc(CN2CCC(c3cc(=O)[nH]c(N4CCCCC4)n3)CC2)ccc1O.CNc1ccc(CN2CCC(c3cc(C)nc(N4CCCCC4)n3)CC2)cc1.Cc1cc(C2CCN(Cc3ccc(C)c(O)c3)CC2)nc(N2CCCCC2)n1.Cc1cc(C2CCN(Cc3cnc(N(C)C)nc3)CC2)nc(N2CCOCC2)n1.Cc1cc(C2CCN(Cc3cnc(N)nc3)CC2)nc(N2CCCCC2)n1. The van der Waals surface area contributed by atoms with Crippen LogP contribution >= 0.6 is 0 Å². The molecular weight excluding hydrogens is 1780 g/mol. The maximum Gasteiger partial charge on any atom is 0.252 e. The van der Waals surface area contributed by atoms with Crippen molar-refractivity contribution in [2.75, 3.05) is 212 Å². The summed E-state index contributed by atoms with van der Waals surface area (Å²) in [5.74, 6) is 9.09. The summed E-state index contributed by atoms with van der Waals surface area (Å²) in [7, 11) is 5.88. The highest BCUT2D eigenvalue weighted by Gasteiger charge is 2.32. The Balaban J connectivity index is 0.000000128. The maximum atomic E-state index is 12.2. The maximum absolute atomic E-state index is 12.2. The van der Waals surface area contributed by atoms with Gasteiger partial charge in [-0.2, -0.15) is 0 Å². The number of benzene rings is 3. The van der Waals surface area contributed by atoms with E-state index in [2.05, 4.69) is 167 Å². The first-order chi connectivity index (χ1) is 69.2.